The number of carbonyl (C=O) groups is 1. The van der Waals surface area contributed by atoms with Crippen LogP contribution < -0.4 is 4.72 Å². The molecule has 0 fully saturated rings. The summed E-state index contributed by atoms with van der Waals surface area (Å²) in [6, 6.07) is 0. The first-order valence-electron chi connectivity index (χ1n) is 6.25. The zero-order valence-electron chi connectivity index (χ0n) is 12.1. The number of hydrogen-bond acceptors (Lipinski definition) is 5. The van der Waals surface area contributed by atoms with Crippen molar-refractivity contribution >= 4 is 16.3 Å². The van der Waals surface area contributed by atoms with Gasteiger partial charge in [-0.3, -0.25) is 8.98 Å². The predicted octanol–water partition coefficient (Wildman–Crippen LogP) is 1.63. The fourth-order valence-electron chi connectivity index (χ4n) is 1.59. The van der Waals surface area contributed by atoms with E-state index in [-0.39, 0.29) is 30.8 Å². The third-order valence-corrected chi connectivity index (χ3v) is 3.63. The third-order valence-electron chi connectivity index (χ3n) is 2.66. The highest BCUT2D eigenvalue weighted by atomic mass is 32.2. The van der Waals surface area contributed by atoms with E-state index in [0.29, 0.717) is 6.42 Å². The van der Waals surface area contributed by atoms with E-state index in [4.69, 9.17) is 0 Å². The van der Waals surface area contributed by atoms with Gasteiger partial charge in [-0.15, -0.1) is 0 Å². The first-order chi connectivity index (χ1) is 9.47. The second-order valence-corrected chi connectivity index (χ2v) is 6.20. The van der Waals surface area contributed by atoms with Crippen molar-refractivity contribution in [3.8, 4) is 0 Å². The molecule has 0 aromatic rings. The molecule has 1 N–H and O–H groups in total. The molecule has 0 heterocycles. The molecule has 0 rings (SSSR count). The molecule has 0 aromatic carbocycles. The lowest BCUT2D eigenvalue weighted by Gasteiger charge is -2.15. The van der Waals surface area contributed by atoms with Crippen LogP contribution >= 0.6 is 0 Å². The van der Waals surface area contributed by atoms with Crippen LogP contribution in [0.4, 0.5) is 13.2 Å². The summed E-state index contributed by atoms with van der Waals surface area (Å²) < 4.78 is 68.1. The van der Waals surface area contributed by atoms with Crippen molar-refractivity contribution in [2.45, 2.75) is 32.9 Å². The summed E-state index contributed by atoms with van der Waals surface area (Å²) in [5.41, 5.74) is 0. The standard InChI is InChI=1S/C11H20F3NO5S/c1-8(6-9(2)10(16)19-3)4-5-20-21(17,18)15-7-11(12,13)14/h8-9,15H,4-7H2,1-3H3. The van der Waals surface area contributed by atoms with E-state index in [2.05, 4.69) is 8.92 Å². The molecular weight excluding hydrogens is 315 g/mol. The monoisotopic (exact) mass is 335 g/mol. The molecule has 0 bridgehead atoms. The molecule has 0 aliphatic heterocycles. The summed E-state index contributed by atoms with van der Waals surface area (Å²) in [5.74, 6) is -0.760. The second kappa shape index (κ2) is 8.54. The van der Waals surface area contributed by atoms with Crippen LogP contribution in [0, 0.1) is 11.8 Å². The third kappa shape index (κ3) is 10.5. The minimum Gasteiger partial charge on any atom is -0.469 e. The van der Waals surface area contributed by atoms with Gasteiger partial charge in [0.1, 0.15) is 6.54 Å². The molecule has 0 spiro atoms. The van der Waals surface area contributed by atoms with Gasteiger partial charge in [0.25, 0.3) is 0 Å². The van der Waals surface area contributed by atoms with E-state index in [1.54, 1.807) is 13.8 Å². The van der Waals surface area contributed by atoms with Gasteiger partial charge in [0, 0.05) is 0 Å². The largest absolute Gasteiger partial charge is 0.469 e. The average Bonchev–Trinajstić information content (AvgIpc) is 2.34. The molecule has 6 nitrogen and oxygen atoms in total. The number of carbonyl (C=O) groups excluding carboxylic acids is 1. The first kappa shape index (κ1) is 20.1. The van der Waals surface area contributed by atoms with Crippen LogP contribution in [-0.2, 0) is 24.0 Å². The Labute approximate surface area is 122 Å². The van der Waals surface area contributed by atoms with E-state index in [0.717, 1.165) is 0 Å². The van der Waals surface area contributed by atoms with E-state index in [9.17, 15) is 26.4 Å². The van der Waals surface area contributed by atoms with Crippen molar-refractivity contribution in [3.05, 3.63) is 0 Å². The summed E-state index contributed by atoms with van der Waals surface area (Å²) in [6.45, 7) is 1.51. The Balaban J connectivity index is 4.04. The molecule has 10 heteroatoms. The molecule has 2 atom stereocenters. The van der Waals surface area contributed by atoms with Gasteiger partial charge in [0.2, 0.25) is 0 Å². The number of halogens is 3. The Hall–Kier alpha value is -0.870. The van der Waals surface area contributed by atoms with Crippen molar-refractivity contribution in [1.82, 2.24) is 4.72 Å². The normalized spacial score (nSPS) is 15.5. The molecule has 0 radical (unpaired) electrons. The maximum absolute atomic E-state index is 11.9. The summed E-state index contributed by atoms with van der Waals surface area (Å²) in [6.07, 6.45) is -3.89. The lowest BCUT2D eigenvalue weighted by molar-refractivity contribution is -0.145. The number of esters is 1. The molecule has 0 aromatic heterocycles. The van der Waals surface area contributed by atoms with Crippen molar-refractivity contribution < 1.29 is 35.3 Å². The average molecular weight is 335 g/mol. The quantitative estimate of drug-likeness (QED) is 0.648. The zero-order chi connectivity index (χ0) is 16.7. The molecule has 0 aliphatic rings. The predicted molar refractivity (Wildman–Crippen MR) is 68.5 cm³/mol. The molecule has 0 saturated carbocycles. The highest BCUT2D eigenvalue weighted by Crippen LogP contribution is 2.17. The number of nitrogens with one attached hydrogen (secondary N) is 1. The van der Waals surface area contributed by atoms with Gasteiger partial charge in [-0.1, -0.05) is 13.8 Å². The van der Waals surface area contributed by atoms with Gasteiger partial charge in [-0.05, 0) is 18.8 Å². The van der Waals surface area contributed by atoms with Gasteiger partial charge in [-0.25, -0.2) is 0 Å². The number of methoxy groups -OCH3 is 1. The number of alkyl halides is 3. The minimum atomic E-state index is -4.64. The lowest BCUT2D eigenvalue weighted by Crippen LogP contribution is -2.35. The van der Waals surface area contributed by atoms with Crippen molar-refractivity contribution in [2.24, 2.45) is 11.8 Å². The molecule has 21 heavy (non-hydrogen) atoms. The molecule has 2 unspecified atom stereocenters. The Morgan fingerprint density at radius 1 is 1.29 bits per heavy atom. The van der Waals surface area contributed by atoms with Gasteiger partial charge >= 0.3 is 22.4 Å². The number of ether oxygens (including phenoxy) is 1. The van der Waals surface area contributed by atoms with Crippen LogP contribution in [0.5, 0.6) is 0 Å². The fraction of sp³-hybridized carbons (Fsp3) is 0.909. The van der Waals surface area contributed by atoms with Crippen LogP contribution in [0.25, 0.3) is 0 Å². The topological polar surface area (TPSA) is 81.7 Å². The fourth-order valence-corrected chi connectivity index (χ4v) is 2.33. The molecule has 0 saturated heterocycles. The van der Waals surface area contributed by atoms with Crippen molar-refractivity contribution in [3.63, 3.8) is 0 Å². The first-order valence-corrected chi connectivity index (χ1v) is 7.66. The second-order valence-electron chi connectivity index (χ2n) is 4.77. The Kier molecular flexibility index (Phi) is 8.19. The van der Waals surface area contributed by atoms with Crippen molar-refractivity contribution in [2.75, 3.05) is 20.3 Å². The van der Waals surface area contributed by atoms with Gasteiger partial charge in [0.15, 0.2) is 0 Å². The van der Waals surface area contributed by atoms with Crippen LogP contribution in [-0.4, -0.2) is 40.8 Å². The maximum atomic E-state index is 11.9. The van der Waals surface area contributed by atoms with E-state index in [1.165, 1.54) is 11.8 Å². The highest BCUT2D eigenvalue weighted by Gasteiger charge is 2.29. The van der Waals surface area contributed by atoms with Crippen LogP contribution in [0.3, 0.4) is 0 Å². The molecule has 126 valence electrons. The lowest BCUT2D eigenvalue weighted by atomic mass is 9.95. The van der Waals surface area contributed by atoms with E-state index >= 15 is 0 Å². The van der Waals surface area contributed by atoms with Crippen molar-refractivity contribution in [1.29, 1.82) is 0 Å². The van der Waals surface area contributed by atoms with Gasteiger partial charge < -0.3 is 4.74 Å². The van der Waals surface area contributed by atoms with E-state index in [1.807, 2.05) is 0 Å². The number of rotatable bonds is 9. The SMILES string of the molecule is COC(=O)C(C)CC(C)CCOS(=O)(=O)NCC(F)(F)F. The molecule has 0 aliphatic carbocycles. The summed E-state index contributed by atoms with van der Waals surface area (Å²) in [5, 5.41) is 0. The van der Waals surface area contributed by atoms with Gasteiger partial charge in [-0.2, -0.15) is 26.3 Å². The number of hydrogen-bond donors (Lipinski definition) is 1. The Bertz CT molecular complexity index is 424. The van der Waals surface area contributed by atoms with Crippen LogP contribution in [0.15, 0.2) is 0 Å². The van der Waals surface area contributed by atoms with E-state index < -0.39 is 23.0 Å². The van der Waals surface area contributed by atoms with Crippen LogP contribution in [0.2, 0.25) is 0 Å². The summed E-state index contributed by atoms with van der Waals surface area (Å²) in [7, 11) is -3.15. The summed E-state index contributed by atoms with van der Waals surface area (Å²) in [4.78, 5) is 11.2. The Morgan fingerprint density at radius 2 is 1.86 bits per heavy atom. The minimum absolute atomic E-state index is 0.0445. The van der Waals surface area contributed by atoms with Crippen LogP contribution in [0.1, 0.15) is 26.7 Å². The summed E-state index contributed by atoms with van der Waals surface area (Å²) >= 11 is 0. The smallest absolute Gasteiger partial charge is 0.402 e. The zero-order valence-corrected chi connectivity index (χ0v) is 12.9. The Morgan fingerprint density at radius 3 is 2.33 bits per heavy atom. The maximum Gasteiger partial charge on any atom is 0.402 e. The molecular formula is C11H20F3NO5S. The highest BCUT2D eigenvalue weighted by molar-refractivity contribution is 7.84. The molecule has 0 amide bonds. The van der Waals surface area contributed by atoms with Gasteiger partial charge in [0.05, 0.1) is 19.6 Å².